The molecule has 1 aromatic heterocycles. The van der Waals surface area contributed by atoms with Crippen molar-refractivity contribution >= 4 is 47.0 Å². The van der Waals surface area contributed by atoms with Gasteiger partial charge in [-0.05, 0) is 67.8 Å². The van der Waals surface area contributed by atoms with E-state index in [1.807, 2.05) is 17.7 Å². The van der Waals surface area contributed by atoms with Crippen molar-refractivity contribution in [2.75, 3.05) is 37.3 Å². The van der Waals surface area contributed by atoms with E-state index in [0.29, 0.717) is 46.5 Å². The number of benzene rings is 2. The fourth-order valence-electron chi connectivity index (χ4n) is 3.62. The number of esters is 1. The number of methoxy groups -OCH3 is 2. The van der Waals surface area contributed by atoms with Crippen molar-refractivity contribution in [2.45, 2.75) is 31.1 Å². The largest absolute Gasteiger partial charge is 0.497 e. The number of rotatable bonds is 13. The van der Waals surface area contributed by atoms with Gasteiger partial charge >= 0.3 is 5.97 Å². The Morgan fingerprint density at radius 3 is 2.47 bits per heavy atom. The number of carbonyl (C=O) groups excluding carboxylic acids is 3. The zero-order valence-corrected chi connectivity index (χ0v) is 23.4. The Kier molecular flexibility index (Phi) is 11.0. The lowest BCUT2D eigenvalue weighted by molar-refractivity contribution is -0.113. The molecular formula is C26H31N5O5S2. The lowest BCUT2D eigenvalue weighted by atomic mass is 10.1. The third kappa shape index (κ3) is 7.75. The molecule has 0 aliphatic rings. The summed E-state index contributed by atoms with van der Waals surface area (Å²) < 4.78 is 11.8. The first-order chi connectivity index (χ1) is 18.4. The molecule has 2 aromatic carbocycles. The molecule has 3 rings (SSSR count). The van der Waals surface area contributed by atoms with Gasteiger partial charge in [0, 0.05) is 17.8 Å². The summed E-state index contributed by atoms with van der Waals surface area (Å²) >= 11 is 2.93. The van der Waals surface area contributed by atoms with Gasteiger partial charge in [0.15, 0.2) is 11.0 Å². The Hall–Kier alpha value is -3.51. The molecular weight excluding hydrogens is 526 g/mol. The summed E-state index contributed by atoms with van der Waals surface area (Å²) in [5.41, 5.74) is 1.36. The first kappa shape index (κ1) is 29.1. The Balaban J connectivity index is 1.69. The van der Waals surface area contributed by atoms with E-state index in [4.69, 9.17) is 9.47 Å². The van der Waals surface area contributed by atoms with E-state index in [9.17, 15) is 14.4 Å². The van der Waals surface area contributed by atoms with Crippen molar-refractivity contribution < 1.29 is 23.9 Å². The fraction of sp³-hybridized carbons (Fsp3) is 0.346. The highest BCUT2D eigenvalue weighted by Gasteiger charge is 2.23. The zero-order valence-electron chi connectivity index (χ0n) is 21.7. The minimum Gasteiger partial charge on any atom is -0.497 e. The van der Waals surface area contributed by atoms with Crippen LogP contribution in [0.2, 0.25) is 0 Å². The Morgan fingerprint density at radius 2 is 1.82 bits per heavy atom. The zero-order chi connectivity index (χ0) is 27.5. The molecule has 1 atom stereocenters. The van der Waals surface area contributed by atoms with Crippen molar-refractivity contribution in [3.63, 3.8) is 0 Å². The molecule has 2 amide bonds. The third-order valence-corrected chi connectivity index (χ3v) is 7.15. The Bertz CT molecular complexity index is 1250. The number of aromatic nitrogens is 3. The SMILES string of the molecule is CCn1c(SCC(=O)Nc2cccc(C(=O)OC)c2)nnc1[C@H](CCSC)NC(=O)c1ccc(OC)cc1. The van der Waals surface area contributed by atoms with Crippen LogP contribution in [0.4, 0.5) is 5.69 Å². The van der Waals surface area contributed by atoms with Crippen LogP contribution < -0.4 is 15.4 Å². The molecule has 0 spiro atoms. The summed E-state index contributed by atoms with van der Waals surface area (Å²) in [6.45, 7) is 2.54. The standard InChI is InChI=1S/C26H31N5O5S2/c1-5-31-23(21(13-14-37-4)28-24(33)17-9-11-20(35-2)12-10-17)29-30-26(31)38-16-22(32)27-19-8-6-7-18(15-19)25(34)36-3/h6-12,15,21H,5,13-14,16H2,1-4H3,(H,27,32)(H,28,33)/t21-/m0/s1. The van der Waals surface area contributed by atoms with Crippen molar-refractivity contribution in [2.24, 2.45) is 0 Å². The molecule has 3 aromatic rings. The number of hydrogen-bond acceptors (Lipinski definition) is 9. The van der Waals surface area contributed by atoms with Gasteiger partial charge in [-0.1, -0.05) is 17.8 Å². The smallest absolute Gasteiger partial charge is 0.337 e. The van der Waals surface area contributed by atoms with Gasteiger partial charge in [-0.15, -0.1) is 10.2 Å². The normalized spacial score (nSPS) is 11.5. The predicted molar refractivity (Wildman–Crippen MR) is 149 cm³/mol. The van der Waals surface area contributed by atoms with E-state index in [2.05, 4.69) is 20.8 Å². The van der Waals surface area contributed by atoms with Gasteiger partial charge in [0.1, 0.15) is 5.75 Å². The summed E-state index contributed by atoms with van der Waals surface area (Å²) in [5, 5.41) is 15.1. The lowest BCUT2D eigenvalue weighted by Gasteiger charge is -2.19. The maximum Gasteiger partial charge on any atom is 0.337 e. The van der Waals surface area contributed by atoms with Crippen molar-refractivity contribution in [1.82, 2.24) is 20.1 Å². The molecule has 0 unspecified atom stereocenters. The van der Waals surface area contributed by atoms with Gasteiger partial charge in [0.05, 0.1) is 31.6 Å². The van der Waals surface area contributed by atoms with Crippen LogP contribution in [0, 0.1) is 0 Å². The number of ether oxygens (including phenoxy) is 2. The van der Waals surface area contributed by atoms with Crippen LogP contribution in [0.5, 0.6) is 5.75 Å². The van der Waals surface area contributed by atoms with Gasteiger partial charge < -0.3 is 24.7 Å². The molecule has 0 aliphatic heterocycles. The molecule has 0 saturated heterocycles. The van der Waals surface area contributed by atoms with Gasteiger partial charge in [0.2, 0.25) is 5.91 Å². The van der Waals surface area contributed by atoms with Gasteiger partial charge in [-0.25, -0.2) is 4.79 Å². The third-order valence-electron chi connectivity index (χ3n) is 5.54. The number of carbonyl (C=O) groups is 3. The van der Waals surface area contributed by atoms with Crippen molar-refractivity contribution in [3.8, 4) is 5.75 Å². The topological polar surface area (TPSA) is 124 Å². The molecule has 2 N–H and O–H groups in total. The molecule has 0 saturated carbocycles. The van der Waals surface area contributed by atoms with E-state index < -0.39 is 5.97 Å². The fourth-order valence-corrected chi connectivity index (χ4v) is 4.90. The highest BCUT2D eigenvalue weighted by Crippen LogP contribution is 2.24. The van der Waals surface area contributed by atoms with Crippen LogP contribution in [-0.2, 0) is 16.1 Å². The van der Waals surface area contributed by atoms with Gasteiger partial charge in [-0.2, -0.15) is 11.8 Å². The molecule has 202 valence electrons. The second-order valence-corrected chi connectivity index (χ2v) is 9.96. The predicted octanol–water partition coefficient (Wildman–Crippen LogP) is 4.05. The van der Waals surface area contributed by atoms with Crippen LogP contribution in [0.1, 0.15) is 45.9 Å². The average molecular weight is 558 g/mol. The molecule has 0 fully saturated rings. The van der Waals surface area contributed by atoms with E-state index in [0.717, 1.165) is 5.75 Å². The second-order valence-electron chi connectivity index (χ2n) is 8.03. The molecule has 0 bridgehead atoms. The molecule has 12 heteroatoms. The van der Waals surface area contributed by atoms with Crippen LogP contribution in [0.3, 0.4) is 0 Å². The maximum absolute atomic E-state index is 13.0. The minimum atomic E-state index is -0.478. The quantitative estimate of drug-likeness (QED) is 0.237. The second kappa shape index (κ2) is 14.4. The van der Waals surface area contributed by atoms with E-state index in [1.54, 1.807) is 67.4 Å². The number of amides is 2. The minimum absolute atomic E-state index is 0.0915. The van der Waals surface area contributed by atoms with Crippen LogP contribution in [0.15, 0.2) is 53.7 Å². The molecule has 38 heavy (non-hydrogen) atoms. The monoisotopic (exact) mass is 557 g/mol. The highest BCUT2D eigenvalue weighted by atomic mass is 32.2. The summed E-state index contributed by atoms with van der Waals surface area (Å²) in [4.78, 5) is 37.3. The summed E-state index contributed by atoms with van der Waals surface area (Å²) in [6, 6.07) is 13.1. The number of hydrogen-bond donors (Lipinski definition) is 2. The van der Waals surface area contributed by atoms with Crippen LogP contribution >= 0.6 is 23.5 Å². The Labute approximate surface area is 230 Å². The van der Waals surface area contributed by atoms with Crippen molar-refractivity contribution in [1.29, 1.82) is 0 Å². The first-order valence-corrected chi connectivity index (χ1v) is 14.3. The van der Waals surface area contributed by atoms with Gasteiger partial charge in [0.25, 0.3) is 5.91 Å². The van der Waals surface area contributed by atoms with E-state index in [1.165, 1.54) is 18.9 Å². The number of nitrogens with zero attached hydrogens (tertiary/aromatic N) is 3. The summed E-state index contributed by atoms with van der Waals surface area (Å²) in [5.74, 6) is 1.27. The number of nitrogens with one attached hydrogen (secondary N) is 2. The average Bonchev–Trinajstić information content (AvgIpc) is 3.36. The molecule has 10 nitrogen and oxygen atoms in total. The first-order valence-electron chi connectivity index (χ1n) is 11.9. The van der Waals surface area contributed by atoms with Gasteiger partial charge in [-0.3, -0.25) is 9.59 Å². The molecule has 1 heterocycles. The molecule has 0 aliphatic carbocycles. The number of thioether (sulfide) groups is 2. The van der Waals surface area contributed by atoms with Crippen molar-refractivity contribution in [3.05, 3.63) is 65.5 Å². The Morgan fingerprint density at radius 1 is 1.05 bits per heavy atom. The number of anilines is 1. The summed E-state index contributed by atoms with van der Waals surface area (Å²) in [7, 11) is 2.88. The van der Waals surface area contributed by atoms with Crippen LogP contribution in [-0.4, -0.2) is 64.5 Å². The maximum atomic E-state index is 13.0. The highest BCUT2D eigenvalue weighted by molar-refractivity contribution is 7.99. The van der Waals surface area contributed by atoms with Crippen LogP contribution in [0.25, 0.3) is 0 Å². The molecule has 0 radical (unpaired) electrons. The summed E-state index contributed by atoms with van der Waals surface area (Å²) in [6.07, 6.45) is 2.68. The van der Waals surface area contributed by atoms with E-state index >= 15 is 0 Å². The lowest BCUT2D eigenvalue weighted by Crippen LogP contribution is -2.31. The van der Waals surface area contributed by atoms with E-state index in [-0.39, 0.29) is 23.6 Å².